The van der Waals surface area contributed by atoms with Gasteiger partial charge in [-0.2, -0.15) is 0 Å². The summed E-state index contributed by atoms with van der Waals surface area (Å²) in [5, 5.41) is 12.1. The zero-order valence-corrected chi connectivity index (χ0v) is 13.4. The van der Waals surface area contributed by atoms with Gasteiger partial charge < -0.3 is 20.1 Å². The van der Waals surface area contributed by atoms with Crippen molar-refractivity contribution < 1.29 is 19.4 Å². The smallest absolute Gasteiger partial charge is 0.329 e. The van der Waals surface area contributed by atoms with Gasteiger partial charge in [0.1, 0.15) is 5.54 Å². The molecule has 0 aromatic carbocycles. The van der Waals surface area contributed by atoms with Gasteiger partial charge in [-0.15, -0.1) is 0 Å². The molecule has 0 spiro atoms. The summed E-state index contributed by atoms with van der Waals surface area (Å²) in [4.78, 5) is 25.0. The zero-order valence-electron chi connectivity index (χ0n) is 13.4. The molecule has 1 aliphatic heterocycles. The van der Waals surface area contributed by atoms with Gasteiger partial charge in [-0.05, 0) is 38.5 Å². The first kappa shape index (κ1) is 17.8. The monoisotopic (exact) mass is 300 g/mol. The number of amides is 2. The first-order valence-corrected chi connectivity index (χ1v) is 7.74. The van der Waals surface area contributed by atoms with Crippen LogP contribution in [0.25, 0.3) is 0 Å². The number of nitrogens with zero attached hydrogens (tertiary/aromatic N) is 1. The van der Waals surface area contributed by atoms with Gasteiger partial charge in [-0.1, -0.05) is 13.8 Å². The molecule has 1 heterocycles. The number of carbonyl (C=O) groups excluding carboxylic acids is 1. The van der Waals surface area contributed by atoms with Gasteiger partial charge in [0.25, 0.3) is 0 Å². The Morgan fingerprint density at radius 3 is 2.67 bits per heavy atom. The maximum Gasteiger partial charge on any atom is 0.329 e. The van der Waals surface area contributed by atoms with E-state index in [4.69, 9.17) is 4.74 Å². The first-order chi connectivity index (χ1) is 9.88. The second kappa shape index (κ2) is 8.22. The molecule has 0 aliphatic carbocycles. The van der Waals surface area contributed by atoms with E-state index in [1.165, 1.54) is 4.90 Å². The van der Waals surface area contributed by atoms with Crippen molar-refractivity contribution in [2.24, 2.45) is 5.92 Å². The van der Waals surface area contributed by atoms with Crippen molar-refractivity contribution in [2.75, 3.05) is 26.3 Å². The van der Waals surface area contributed by atoms with E-state index in [2.05, 4.69) is 19.2 Å². The van der Waals surface area contributed by atoms with Gasteiger partial charge in [0.05, 0.1) is 6.61 Å². The lowest BCUT2D eigenvalue weighted by atomic mass is 9.89. The van der Waals surface area contributed by atoms with Gasteiger partial charge in [-0.25, -0.2) is 9.59 Å². The Labute approximate surface area is 126 Å². The number of likely N-dealkylation sites (tertiary alicyclic amines) is 1. The minimum absolute atomic E-state index is 0.313. The largest absolute Gasteiger partial charge is 0.480 e. The number of aliphatic carboxylic acids is 1. The highest BCUT2D eigenvalue weighted by Crippen LogP contribution is 2.28. The molecule has 0 bridgehead atoms. The molecule has 6 heteroatoms. The molecule has 0 radical (unpaired) electrons. The zero-order chi connectivity index (χ0) is 15.9. The van der Waals surface area contributed by atoms with Crippen molar-refractivity contribution in [3.05, 3.63) is 0 Å². The number of hydrogen-bond donors (Lipinski definition) is 2. The van der Waals surface area contributed by atoms with E-state index >= 15 is 0 Å². The average molecular weight is 300 g/mol. The van der Waals surface area contributed by atoms with Gasteiger partial charge in [0.15, 0.2) is 0 Å². The van der Waals surface area contributed by atoms with E-state index in [0.717, 1.165) is 19.3 Å². The molecule has 1 fully saturated rings. The summed E-state index contributed by atoms with van der Waals surface area (Å²) in [5.41, 5.74) is -1.10. The topological polar surface area (TPSA) is 78.9 Å². The van der Waals surface area contributed by atoms with Crippen LogP contribution >= 0.6 is 0 Å². The van der Waals surface area contributed by atoms with Crippen molar-refractivity contribution in [3.8, 4) is 0 Å². The van der Waals surface area contributed by atoms with E-state index in [1.54, 1.807) is 6.92 Å². The van der Waals surface area contributed by atoms with E-state index in [9.17, 15) is 14.7 Å². The number of carboxylic acids is 1. The van der Waals surface area contributed by atoms with Gasteiger partial charge in [0, 0.05) is 19.7 Å². The minimum atomic E-state index is -1.10. The van der Waals surface area contributed by atoms with Crippen molar-refractivity contribution in [1.82, 2.24) is 10.2 Å². The van der Waals surface area contributed by atoms with Crippen molar-refractivity contribution in [1.29, 1.82) is 0 Å². The van der Waals surface area contributed by atoms with Gasteiger partial charge >= 0.3 is 12.0 Å². The van der Waals surface area contributed by atoms with E-state index in [0.29, 0.717) is 38.6 Å². The molecule has 1 unspecified atom stereocenters. The molecule has 21 heavy (non-hydrogen) atoms. The molecule has 2 N–H and O–H groups in total. The number of carboxylic acid groups (broad SMARTS) is 1. The summed E-state index contributed by atoms with van der Waals surface area (Å²) in [7, 11) is 0. The second-order valence-corrected chi connectivity index (χ2v) is 6.21. The molecular formula is C15H28N2O4. The molecular weight excluding hydrogens is 272 g/mol. The molecule has 122 valence electrons. The van der Waals surface area contributed by atoms with Crippen LogP contribution in [0.2, 0.25) is 0 Å². The number of rotatable bonds is 7. The molecule has 0 aromatic rings. The van der Waals surface area contributed by atoms with Crippen LogP contribution in [0.3, 0.4) is 0 Å². The van der Waals surface area contributed by atoms with Gasteiger partial charge in [-0.3, -0.25) is 0 Å². The highest BCUT2D eigenvalue weighted by Gasteiger charge is 2.43. The Kier molecular flexibility index (Phi) is 6.95. The third kappa shape index (κ3) is 5.19. The van der Waals surface area contributed by atoms with Crippen molar-refractivity contribution in [3.63, 3.8) is 0 Å². The summed E-state index contributed by atoms with van der Waals surface area (Å²) in [6.07, 6.45) is 3.18. The second-order valence-electron chi connectivity index (χ2n) is 6.21. The summed E-state index contributed by atoms with van der Waals surface area (Å²) < 4.78 is 5.43. The summed E-state index contributed by atoms with van der Waals surface area (Å²) in [6, 6.07) is -0.313. The minimum Gasteiger partial charge on any atom is -0.480 e. The van der Waals surface area contributed by atoms with Crippen LogP contribution in [0.4, 0.5) is 4.79 Å². The average Bonchev–Trinajstić information content (AvgIpc) is 2.42. The molecule has 1 aliphatic rings. The molecule has 0 saturated carbocycles. The standard InChI is InChI=1S/C15H28N2O4/c1-12(2)6-10-21-11-8-16-14(20)17-9-5-4-7-15(17,3)13(18)19/h12H,4-11H2,1-3H3,(H,16,20)(H,18,19). The SMILES string of the molecule is CC(C)CCOCCNC(=O)N1CCCCC1(C)C(=O)O. The summed E-state index contributed by atoms with van der Waals surface area (Å²) in [6.45, 7) is 7.92. The van der Waals surface area contributed by atoms with Crippen LogP contribution in [0.15, 0.2) is 0 Å². The predicted octanol–water partition coefficient (Wildman–Crippen LogP) is 2.09. The summed E-state index contributed by atoms with van der Waals surface area (Å²) >= 11 is 0. The fourth-order valence-electron chi connectivity index (χ4n) is 2.42. The maximum atomic E-state index is 12.2. The van der Waals surface area contributed by atoms with E-state index in [1.807, 2.05) is 0 Å². The van der Waals surface area contributed by atoms with Crippen LogP contribution in [0, 0.1) is 5.92 Å². The van der Waals surface area contributed by atoms with Crippen LogP contribution in [-0.4, -0.2) is 53.8 Å². The Morgan fingerprint density at radius 2 is 2.05 bits per heavy atom. The lowest BCUT2D eigenvalue weighted by Crippen LogP contribution is -2.60. The third-order valence-corrected chi connectivity index (χ3v) is 3.96. The Bertz CT molecular complexity index is 360. The lowest BCUT2D eigenvalue weighted by Gasteiger charge is -2.41. The normalized spacial score (nSPS) is 22.4. The van der Waals surface area contributed by atoms with Crippen LogP contribution in [0.5, 0.6) is 0 Å². The molecule has 1 saturated heterocycles. The lowest BCUT2D eigenvalue weighted by molar-refractivity contribution is -0.150. The molecule has 2 amide bonds. The van der Waals surface area contributed by atoms with Crippen LogP contribution in [-0.2, 0) is 9.53 Å². The quantitative estimate of drug-likeness (QED) is 0.706. The fourth-order valence-corrected chi connectivity index (χ4v) is 2.42. The number of hydrogen-bond acceptors (Lipinski definition) is 3. The predicted molar refractivity (Wildman–Crippen MR) is 80.3 cm³/mol. The molecule has 6 nitrogen and oxygen atoms in total. The van der Waals surface area contributed by atoms with Crippen molar-refractivity contribution >= 4 is 12.0 Å². The number of urea groups is 1. The number of nitrogens with one attached hydrogen (secondary N) is 1. The maximum absolute atomic E-state index is 12.2. The van der Waals surface area contributed by atoms with Crippen LogP contribution < -0.4 is 5.32 Å². The van der Waals surface area contributed by atoms with E-state index in [-0.39, 0.29) is 6.03 Å². The van der Waals surface area contributed by atoms with E-state index < -0.39 is 11.5 Å². The highest BCUT2D eigenvalue weighted by molar-refractivity contribution is 5.86. The van der Waals surface area contributed by atoms with Crippen LogP contribution in [0.1, 0.15) is 46.5 Å². The number of carbonyl (C=O) groups is 2. The third-order valence-electron chi connectivity index (χ3n) is 3.96. The molecule has 1 rings (SSSR count). The Balaban J connectivity index is 2.34. The number of piperidine rings is 1. The Morgan fingerprint density at radius 1 is 1.33 bits per heavy atom. The fraction of sp³-hybridized carbons (Fsp3) is 0.867. The molecule has 1 atom stereocenters. The summed E-state index contributed by atoms with van der Waals surface area (Å²) in [5.74, 6) is -0.338. The highest BCUT2D eigenvalue weighted by atomic mass is 16.5. The number of ether oxygens (including phenoxy) is 1. The molecule has 0 aromatic heterocycles. The van der Waals surface area contributed by atoms with Gasteiger partial charge in [0.2, 0.25) is 0 Å². The Hall–Kier alpha value is -1.30. The first-order valence-electron chi connectivity index (χ1n) is 7.74. The van der Waals surface area contributed by atoms with Crippen molar-refractivity contribution in [2.45, 2.75) is 52.0 Å².